The smallest absolute Gasteiger partial charge is 0.251 e. The molecule has 4 N–H and O–H groups in total. The van der Waals surface area contributed by atoms with Gasteiger partial charge in [0.05, 0.1) is 12.2 Å². The van der Waals surface area contributed by atoms with Crippen LogP contribution in [0.25, 0.3) is 0 Å². The Balaban J connectivity index is 2.10. The third kappa shape index (κ3) is 3.51. The first-order chi connectivity index (χ1) is 10.0. The van der Waals surface area contributed by atoms with Gasteiger partial charge in [0, 0.05) is 11.3 Å². The minimum Gasteiger partial charge on any atom is -0.346 e. The van der Waals surface area contributed by atoms with Gasteiger partial charge in [0.2, 0.25) is 0 Å². The standard InChI is InChI=1S/C14H14F2N4O/c1-8-3-2-4-10(19-8)7-18-14(21)9-5-11(15)13(20-17)12(16)6-9/h2-6,20H,7,17H2,1H3,(H,18,21). The molecule has 0 aliphatic rings. The number of nitrogens with one attached hydrogen (secondary N) is 2. The molecule has 0 bridgehead atoms. The second-order valence-corrected chi connectivity index (χ2v) is 4.41. The average molecular weight is 292 g/mol. The van der Waals surface area contributed by atoms with Crippen molar-refractivity contribution in [1.29, 1.82) is 0 Å². The number of nitrogen functional groups attached to an aromatic ring is 1. The topological polar surface area (TPSA) is 80.0 Å². The van der Waals surface area contributed by atoms with Crippen LogP contribution in [0, 0.1) is 18.6 Å². The van der Waals surface area contributed by atoms with Crippen LogP contribution in [0.4, 0.5) is 14.5 Å². The maximum atomic E-state index is 13.5. The summed E-state index contributed by atoms with van der Waals surface area (Å²) in [6, 6.07) is 7.21. The molecule has 1 aromatic heterocycles. The molecule has 5 nitrogen and oxygen atoms in total. The van der Waals surface area contributed by atoms with E-state index in [0.29, 0.717) is 5.69 Å². The van der Waals surface area contributed by atoms with Crippen LogP contribution in [0.1, 0.15) is 21.7 Å². The summed E-state index contributed by atoms with van der Waals surface area (Å²) in [4.78, 5) is 16.1. The highest BCUT2D eigenvalue weighted by molar-refractivity contribution is 5.94. The molecule has 21 heavy (non-hydrogen) atoms. The predicted molar refractivity (Wildman–Crippen MR) is 74.3 cm³/mol. The summed E-state index contributed by atoms with van der Waals surface area (Å²) < 4.78 is 27.0. The fraction of sp³-hybridized carbons (Fsp3) is 0.143. The number of pyridine rings is 1. The summed E-state index contributed by atoms with van der Waals surface area (Å²) in [5, 5.41) is 2.55. The summed E-state index contributed by atoms with van der Waals surface area (Å²) in [5.74, 6) is 2.52. The van der Waals surface area contributed by atoms with Gasteiger partial charge in [-0.05, 0) is 31.2 Å². The number of nitrogens with zero attached hydrogens (tertiary/aromatic N) is 1. The quantitative estimate of drug-likeness (QED) is 0.594. The molecular weight excluding hydrogens is 278 g/mol. The zero-order valence-corrected chi connectivity index (χ0v) is 11.3. The summed E-state index contributed by atoms with van der Waals surface area (Å²) in [6.45, 7) is 2.00. The van der Waals surface area contributed by atoms with Crippen molar-refractivity contribution in [3.05, 3.63) is 58.9 Å². The molecule has 7 heteroatoms. The largest absolute Gasteiger partial charge is 0.346 e. The average Bonchev–Trinajstić information content (AvgIpc) is 2.44. The van der Waals surface area contributed by atoms with Crippen LogP contribution >= 0.6 is 0 Å². The van der Waals surface area contributed by atoms with Crippen molar-refractivity contribution in [3.63, 3.8) is 0 Å². The van der Waals surface area contributed by atoms with E-state index in [4.69, 9.17) is 5.84 Å². The number of nitrogens with two attached hydrogens (primary N) is 1. The number of carbonyl (C=O) groups is 1. The fourth-order valence-corrected chi connectivity index (χ4v) is 1.81. The van der Waals surface area contributed by atoms with Crippen molar-refractivity contribution in [1.82, 2.24) is 10.3 Å². The van der Waals surface area contributed by atoms with E-state index in [1.807, 2.05) is 24.5 Å². The van der Waals surface area contributed by atoms with Crippen LogP contribution in [-0.4, -0.2) is 10.9 Å². The highest BCUT2D eigenvalue weighted by Gasteiger charge is 2.14. The number of carbonyl (C=O) groups excluding carboxylic acids is 1. The van der Waals surface area contributed by atoms with Crippen molar-refractivity contribution in [3.8, 4) is 0 Å². The van der Waals surface area contributed by atoms with Crippen molar-refractivity contribution >= 4 is 11.6 Å². The van der Waals surface area contributed by atoms with Crippen LogP contribution in [-0.2, 0) is 6.54 Å². The molecule has 0 aliphatic heterocycles. The molecule has 0 atom stereocenters. The maximum Gasteiger partial charge on any atom is 0.251 e. The second-order valence-electron chi connectivity index (χ2n) is 4.41. The van der Waals surface area contributed by atoms with Crippen molar-refractivity contribution < 1.29 is 13.6 Å². The molecule has 0 fully saturated rings. The Hall–Kier alpha value is -2.54. The van der Waals surface area contributed by atoms with Crippen LogP contribution in [0.15, 0.2) is 30.3 Å². The molecule has 0 saturated carbocycles. The van der Waals surface area contributed by atoms with E-state index in [-0.39, 0.29) is 12.1 Å². The molecule has 2 rings (SSSR count). The normalized spacial score (nSPS) is 10.3. The SMILES string of the molecule is Cc1cccc(CNC(=O)c2cc(F)c(NN)c(F)c2)n1. The lowest BCUT2D eigenvalue weighted by molar-refractivity contribution is 0.0949. The number of halogens is 2. The van der Waals surface area contributed by atoms with Crippen molar-refractivity contribution in [2.45, 2.75) is 13.5 Å². The Labute approximate surface area is 120 Å². The van der Waals surface area contributed by atoms with Crippen LogP contribution in [0.2, 0.25) is 0 Å². The summed E-state index contributed by atoms with van der Waals surface area (Å²) >= 11 is 0. The molecule has 0 aliphatic carbocycles. The first-order valence-electron chi connectivity index (χ1n) is 6.17. The third-order valence-corrected chi connectivity index (χ3v) is 2.82. The van der Waals surface area contributed by atoms with Gasteiger partial charge in [-0.1, -0.05) is 6.07 Å². The van der Waals surface area contributed by atoms with Crippen LogP contribution in [0.5, 0.6) is 0 Å². The molecule has 110 valence electrons. The Kier molecular flexibility index (Phi) is 4.44. The molecule has 1 amide bonds. The number of hydrogen-bond acceptors (Lipinski definition) is 4. The van der Waals surface area contributed by atoms with Crippen molar-refractivity contribution in [2.24, 2.45) is 5.84 Å². The zero-order chi connectivity index (χ0) is 15.4. The molecule has 1 aromatic carbocycles. The monoisotopic (exact) mass is 292 g/mol. The van der Waals surface area contributed by atoms with Gasteiger partial charge in [-0.3, -0.25) is 15.6 Å². The van der Waals surface area contributed by atoms with E-state index < -0.39 is 23.2 Å². The molecule has 0 radical (unpaired) electrons. The van der Waals surface area contributed by atoms with Gasteiger partial charge in [0.15, 0.2) is 11.6 Å². The second kappa shape index (κ2) is 6.27. The van der Waals surface area contributed by atoms with E-state index >= 15 is 0 Å². The molecule has 1 heterocycles. The van der Waals surface area contributed by atoms with Crippen LogP contribution in [0.3, 0.4) is 0 Å². The Morgan fingerprint density at radius 2 is 1.95 bits per heavy atom. The lowest BCUT2D eigenvalue weighted by Crippen LogP contribution is -2.24. The van der Waals surface area contributed by atoms with Crippen molar-refractivity contribution in [2.75, 3.05) is 5.43 Å². The molecule has 0 spiro atoms. The number of hydrogen-bond donors (Lipinski definition) is 3. The number of hydrazine groups is 1. The first kappa shape index (κ1) is 14.9. The highest BCUT2D eigenvalue weighted by Crippen LogP contribution is 2.19. The molecule has 0 unspecified atom stereocenters. The maximum absolute atomic E-state index is 13.5. The molecule has 0 saturated heterocycles. The van der Waals surface area contributed by atoms with E-state index in [1.54, 1.807) is 6.07 Å². The fourth-order valence-electron chi connectivity index (χ4n) is 1.81. The Morgan fingerprint density at radius 3 is 2.52 bits per heavy atom. The van der Waals surface area contributed by atoms with Gasteiger partial charge < -0.3 is 10.7 Å². The van der Waals surface area contributed by atoms with E-state index in [0.717, 1.165) is 17.8 Å². The van der Waals surface area contributed by atoms with E-state index in [2.05, 4.69) is 10.3 Å². The lowest BCUT2D eigenvalue weighted by Gasteiger charge is -2.08. The number of anilines is 1. The van der Waals surface area contributed by atoms with Gasteiger partial charge in [0.1, 0.15) is 5.69 Å². The third-order valence-electron chi connectivity index (χ3n) is 2.82. The highest BCUT2D eigenvalue weighted by atomic mass is 19.1. The molecular formula is C14H14F2N4O. The number of aryl methyl sites for hydroxylation is 1. The summed E-state index contributed by atoms with van der Waals surface area (Å²) in [7, 11) is 0. The Bertz CT molecular complexity index is 653. The number of amides is 1. The van der Waals surface area contributed by atoms with Gasteiger partial charge in [-0.2, -0.15) is 0 Å². The summed E-state index contributed by atoms with van der Waals surface area (Å²) in [6.07, 6.45) is 0. The Morgan fingerprint density at radius 1 is 1.29 bits per heavy atom. The number of rotatable bonds is 4. The minimum atomic E-state index is -0.934. The van der Waals surface area contributed by atoms with Crippen LogP contribution < -0.4 is 16.6 Å². The zero-order valence-electron chi connectivity index (χ0n) is 11.3. The minimum absolute atomic E-state index is 0.128. The first-order valence-corrected chi connectivity index (χ1v) is 6.17. The van der Waals surface area contributed by atoms with E-state index in [1.165, 1.54) is 0 Å². The van der Waals surface area contributed by atoms with Gasteiger partial charge in [0.25, 0.3) is 5.91 Å². The number of benzene rings is 1. The van der Waals surface area contributed by atoms with E-state index in [9.17, 15) is 13.6 Å². The predicted octanol–water partition coefficient (Wildman–Crippen LogP) is 1.88. The molecule has 2 aromatic rings. The van der Waals surface area contributed by atoms with Gasteiger partial charge >= 0.3 is 0 Å². The van der Waals surface area contributed by atoms with Gasteiger partial charge in [-0.25, -0.2) is 8.78 Å². The van der Waals surface area contributed by atoms with Gasteiger partial charge in [-0.15, -0.1) is 0 Å². The number of aromatic nitrogens is 1. The summed E-state index contributed by atoms with van der Waals surface area (Å²) in [5.41, 5.74) is 2.77. The lowest BCUT2D eigenvalue weighted by atomic mass is 10.1.